The Hall–Kier alpha value is -4.53. The second-order valence-corrected chi connectivity index (χ2v) is 11.3. The quantitative estimate of drug-likeness (QED) is 0.110. The van der Waals surface area contributed by atoms with Gasteiger partial charge in [-0.1, -0.05) is 56.3 Å². The molecule has 1 saturated carbocycles. The number of nitrogens with two attached hydrogens (primary N) is 1. The van der Waals surface area contributed by atoms with E-state index in [9.17, 15) is 0 Å². The minimum atomic E-state index is 0.587. The van der Waals surface area contributed by atoms with Crippen molar-refractivity contribution in [2.24, 2.45) is 11.7 Å². The highest BCUT2D eigenvalue weighted by Crippen LogP contribution is 2.33. The molecule has 6 rings (SSSR count). The van der Waals surface area contributed by atoms with E-state index in [1.807, 2.05) is 36.8 Å². The van der Waals surface area contributed by atoms with Crippen LogP contribution in [-0.4, -0.2) is 53.0 Å². The van der Waals surface area contributed by atoms with Crippen LogP contribution < -0.4 is 21.3 Å². The highest BCUT2D eigenvalue weighted by Gasteiger charge is 2.28. The molecule has 3 heterocycles. The van der Waals surface area contributed by atoms with Crippen molar-refractivity contribution in [1.29, 1.82) is 5.41 Å². The average Bonchev–Trinajstić information content (AvgIpc) is 3.51. The zero-order chi connectivity index (χ0) is 31.6. The van der Waals surface area contributed by atoms with Gasteiger partial charge in [0.1, 0.15) is 5.82 Å². The summed E-state index contributed by atoms with van der Waals surface area (Å²) in [6.07, 6.45) is 9.42. The molecule has 1 aliphatic rings. The maximum Gasteiger partial charge on any atom is 0.125 e. The third-order valence-corrected chi connectivity index (χ3v) is 8.46. The number of likely N-dealkylation sites (N-methyl/N-ethyl adjacent to an activating group) is 1. The lowest BCUT2D eigenvalue weighted by Crippen LogP contribution is -2.43. The van der Waals surface area contributed by atoms with Crippen LogP contribution in [0.1, 0.15) is 44.7 Å². The Morgan fingerprint density at radius 1 is 0.978 bits per heavy atom. The molecule has 0 radical (unpaired) electrons. The van der Waals surface area contributed by atoms with Crippen LogP contribution in [0.15, 0.2) is 91.4 Å². The molecule has 8 nitrogen and oxygen atoms in total. The van der Waals surface area contributed by atoms with Gasteiger partial charge in [-0.2, -0.15) is 5.10 Å². The number of pyridine rings is 2. The predicted molar refractivity (Wildman–Crippen MR) is 188 cm³/mol. The number of nitrogens with one attached hydrogen (secondary N) is 3. The Morgan fingerprint density at radius 3 is 2.40 bits per heavy atom. The molecule has 0 unspecified atom stereocenters. The number of fused-ring (bicyclic) bond motifs is 1. The molecule has 3 aromatic heterocycles. The van der Waals surface area contributed by atoms with Gasteiger partial charge >= 0.3 is 0 Å². The fourth-order valence-electron chi connectivity index (χ4n) is 5.95. The van der Waals surface area contributed by atoms with Gasteiger partial charge in [-0.3, -0.25) is 0 Å². The molecule has 45 heavy (non-hydrogen) atoms. The van der Waals surface area contributed by atoms with E-state index in [0.29, 0.717) is 18.5 Å². The van der Waals surface area contributed by atoms with Crippen molar-refractivity contribution >= 4 is 23.2 Å². The van der Waals surface area contributed by atoms with Crippen molar-refractivity contribution in [2.45, 2.75) is 46.2 Å². The Balaban J connectivity index is 0.00000196. The van der Waals surface area contributed by atoms with Crippen LogP contribution in [0.5, 0.6) is 0 Å². The van der Waals surface area contributed by atoms with Gasteiger partial charge in [-0.25, -0.2) is 9.50 Å². The van der Waals surface area contributed by atoms with Crippen molar-refractivity contribution in [1.82, 2.24) is 19.9 Å². The summed E-state index contributed by atoms with van der Waals surface area (Å²) in [5.74, 6) is 1.53. The van der Waals surface area contributed by atoms with E-state index in [4.69, 9.17) is 16.1 Å². The summed E-state index contributed by atoms with van der Waals surface area (Å²) in [6, 6.07) is 26.1. The number of aromatic nitrogens is 3. The fraction of sp³-hybridized carbons (Fsp3) is 0.324. The number of hydrogen-bond donors (Lipinski definition) is 4. The van der Waals surface area contributed by atoms with E-state index >= 15 is 0 Å². The highest BCUT2D eigenvalue weighted by molar-refractivity contribution is 5.96. The molecule has 1 aliphatic carbocycles. The molecular formula is C37H46N8. The molecule has 8 heteroatoms. The normalized spacial score (nSPS) is 15.6. The molecule has 0 aliphatic heterocycles. The predicted octanol–water partition coefficient (Wildman–Crippen LogP) is 6.85. The molecule has 0 atom stereocenters. The SMILES string of the molecule is CC.CCN(CCN)c1ccc(-c2cc(-c3ccc(NCC4CC(NCc5ccccc5)C4)nc3)c3c(C=N)cnn3c2)cc1. The summed E-state index contributed by atoms with van der Waals surface area (Å²) in [6.45, 7) is 10.4. The zero-order valence-corrected chi connectivity index (χ0v) is 26.7. The van der Waals surface area contributed by atoms with Gasteiger partial charge in [0, 0.05) is 85.3 Å². The third-order valence-electron chi connectivity index (χ3n) is 8.46. The van der Waals surface area contributed by atoms with Crippen LogP contribution in [0.25, 0.3) is 27.8 Å². The first-order chi connectivity index (χ1) is 22.1. The molecule has 0 amide bonds. The van der Waals surface area contributed by atoms with Crippen LogP contribution in [-0.2, 0) is 6.54 Å². The minimum Gasteiger partial charge on any atom is -0.371 e. The van der Waals surface area contributed by atoms with Crippen molar-refractivity contribution in [3.63, 3.8) is 0 Å². The van der Waals surface area contributed by atoms with Crippen LogP contribution >= 0.6 is 0 Å². The van der Waals surface area contributed by atoms with Gasteiger partial charge in [0.05, 0.1) is 11.7 Å². The third kappa shape index (κ3) is 7.59. The van der Waals surface area contributed by atoms with Gasteiger partial charge < -0.3 is 26.7 Å². The van der Waals surface area contributed by atoms with Crippen molar-refractivity contribution in [3.05, 3.63) is 103 Å². The van der Waals surface area contributed by atoms with Gasteiger partial charge in [0.2, 0.25) is 0 Å². The average molecular weight is 603 g/mol. The summed E-state index contributed by atoms with van der Waals surface area (Å²) >= 11 is 0. The van der Waals surface area contributed by atoms with Crippen LogP contribution in [0.3, 0.4) is 0 Å². The summed E-state index contributed by atoms with van der Waals surface area (Å²) in [7, 11) is 0. The van der Waals surface area contributed by atoms with Crippen molar-refractivity contribution in [2.75, 3.05) is 36.4 Å². The minimum absolute atomic E-state index is 0.587. The standard InChI is InChI=1S/C35H40N8.C2H6/c1-2-42(15-14-36)32-11-8-27(9-12-32)29-18-33(35-30(19-37)23-41-43(35)24-29)28-10-13-34(40-22-28)39-21-26-16-31(17-26)38-20-25-6-4-3-5-7-25;1-2/h3-13,18-19,22-24,26,31,37-38H,2,14-17,20-21,36H2,1H3,(H,39,40);1-2H3. The molecule has 1 fully saturated rings. The first kappa shape index (κ1) is 31.9. The van der Waals surface area contributed by atoms with Gasteiger partial charge in [-0.05, 0) is 67.1 Å². The summed E-state index contributed by atoms with van der Waals surface area (Å²) in [5.41, 5.74) is 14.1. The largest absolute Gasteiger partial charge is 0.371 e. The number of benzene rings is 2. The van der Waals surface area contributed by atoms with Gasteiger partial charge in [-0.15, -0.1) is 0 Å². The van der Waals surface area contributed by atoms with E-state index in [-0.39, 0.29) is 0 Å². The number of anilines is 2. The van der Waals surface area contributed by atoms with E-state index in [0.717, 1.165) is 71.0 Å². The van der Waals surface area contributed by atoms with E-state index < -0.39 is 0 Å². The Labute approximate surface area is 267 Å². The first-order valence-electron chi connectivity index (χ1n) is 16.2. The molecule has 0 bridgehead atoms. The van der Waals surface area contributed by atoms with Crippen LogP contribution in [0.2, 0.25) is 0 Å². The summed E-state index contributed by atoms with van der Waals surface area (Å²) in [5, 5.41) is 19.7. The summed E-state index contributed by atoms with van der Waals surface area (Å²) < 4.78 is 1.87. The Kier molecular flexibility index (Phi) is 11.0. The zero-order valence-electron chi connectivity index (χ0n) is 26.7. The Morgan fingerprint density at radius 2 is 1.73 bits per heavy atom. The van der Waals surface area contributed by atoms with Crippen LogP contribution in [0, 0.1) is 11.3 Å². The number of nitrogens with zero attached hydrogens (tertiary/aromatic N) is 4. The second kappa shape index (κ2) is 15.5. The van der Waals surface area contributed by atoms with Gasteiger partial charge in [0.25, 0.3) is 0 Å². The van der Waals surface area contributed by atoms with Crippen LogP contribution in [0.4, 0.5) is 11.5 Å². The lowest BCUT2D eigenvalue weighted by atomic mass is 9.80. The molecular weight excluding hydrogens is 556 g/mol. The van der Waals surface area contributed by atoms with Crippen molar-refractivity contribution < 1.29 is 0 Å². The highest BCUT2D eigenvalue weighted by atomic mass is 15.2. The van der Waals surface area contributed by atoms with Gasteiger partial charge in [0.15, 0.2) is 0 Å². The second-order valence-electron chi connectivity index (χ2n) is 11.3. The van der Waals surface area contributed by atoms with E-state index in [2.05, 4.69) is 94.3 Å². The molecule has 2 aromatic carbocycles. The molecule has 0 saturated heterocycles. The molecule has 0 spiro atoms. The Bertz CT molecular complexity index is 1640. The smallest absolute Gasteiger partial charge is 0.125 e. The molecule has 5 N–H and O–H groups in total. The first-order valence-corrected chi connectivity index (χ1v) is 16.2. The maximum absolute atomic E-state index is 7.95. The maximum atomic E-state index is 7.95. The number of rotatable bonds is 13. The van der Waals surface area contributed by atoms with Crippen molar-refractivity contribution in [3.8, 4) is 22.3 Å². The fourth-order valence-corrected chi connectivity index (χ4v) is 5.95. The summed E-state index contributed by atoms with van der Waals surface area (Å²) in [4.78, 5) is 7.03. The van der Waals surface area contributed by atoms with E-state index in [1.165, 1.54) is 24.6 Å². The lowest BCUT2D eigenvalue weighted by Gasteiger charge is -2.36. The monoisotopic (exact) mass is 602 g/mol. The number of hydrogen-bond acceptors (Lipinski definition) is 7. The lowest BCUT2D eigenvalue weighted by molar-refractivity contribution is 0.233. The molecule has 234 valence electrons. The topological polar surface area (TPSA) is 107 Å². The molecule has 5 aromatic rings. The van der Waals surface area contributed by atoms with E-state index in [1.54, 1.807) is 6.20 Å².